The first-order chi connectivity index (χ1) is 19.1. The lowest BCUT2D eigenvalue weighted by molar-refractivity contribution is -0.383. The Hall–Kier alpha value is -3.52. The van der Waals surface area contributed by atoms with Crippen LogP contribution in [0.25, 0.3) is 0 Å². The van der Waals surface area contributed by atoms with Crippen molar-refractivity contribution in [2.75, 3.05) is 36.4 Å². The molecule has 5 fully saturated rings. The molecule has 8 nitrogen and oxygen atoms in total. The predicted molar refractivity (Wildman–Crippen MR) is 152 cm³/mol. The maximum Gasteiger partial charge on any atom is 0.353 e. The van der Waals surface area contributed by atoms with Crippen LogP contribution in [0.2, 0.25) is 0 Å². The topological polar surface area (TPSA) is 87.4 Å². The van der Waals surface area contributed by atoms with E-state index in [1.54, 1.807) is 0 Å². The molecular weight excluding hydrogens is 488 g/mol. The van der Waals surface area contributed by atoms with Crippen LogP contribution >= 0.6 is 0 Å². The third kappa shape index (κ3) is 4.65. The Morgan fingerprint density at radius 2 is 1.36 bits per heavy atom. The van der Waals surface area contributed by atoms with Gasteiger partial charge < -0.3 is 10.2 Å². The average Bonchev–Trinajstić information content (AvgIpc) is 2.94. The van der Waals surface area contributed by atoms with E-state index in [2.05, 4.69) is 73.6 Å². The van der Waals surface area contributed by atoms with Crippen LogP contribution in [0.3, 0.4) is 0 Å². The van der Waals surface area contributed by atoms with E-state index in [9.17, 15) is 10.1 Å². The zero-order valence-corrected chi connectivity index (χ0v) is 22.3. The molecule has 8 rings (SSSR count). The Bertz CT molecular complexity index is 1250. The monoisotopic (exact) mass is 524 g/mol. The van der Waals surface area contributed by atoms with Gasteiger partial charge in [-0.25, -0.2) is 9.97 Å². The van der Waals surface area contributed by atoms with E-state index in [1.165, 1.54) is 36.7 Å². The molecule has 1 aromatic heterocycles. The molecule has 2 aromatic carbocycles. The molecule has 4 aliphatic carbocycles. The highest BCUT2D eigenvalue weighted by atomic mass is 16.6. The number of nitro groups is 1. The van der Waals surface area contributed by atoms with Crippen molar-refractivity contribution in [2.24, 2.45) is 17.8 Å². The lowest BCUT2D eigenvalue weighted by atomic mass is 9.53. The summed E-state index contributed by atoms with van der Waals surface area (Å²) in [4.78, 5) is 25.7. The third-order valence-electron chi connectivity index (χ3n) is 9.62. The summed E-state index contributed by atoms with van der Waals surface area (Å²) in [6.07, 6.45) is 8.81. The van der Waals surface area contributed by atoms with Crippen molar-refractivity contribution in [1.29, 1.82) is 0 Å². The first-order valence-corrected chi connectivity index (χ1v) is 14.4. The highest BCUT2D eigenvalue weighted by Crippen LogP contribution is 2.57. The van der Waals surface area contributed by atoms with Crippen molar-refractivity contribution in [3.05, 3.63) is 88.2 Å². The Labute approximate surface area is 229 Å². The van der Waals surface area contributed by atoms with Gasteiger partial charge in [0.05, 0.1) is 11.0 Å². The average molecular weight is 525 g/mol. The summed E-state index contributed by atoms with van der Waals surface area (Å²) in [7, 11) is 0. The zero-order valence-electron chi connectivity index (χ0n) is 22.3. The minimum absolute atomic E-state index is 0.0318. The highest BCUT2D eigenvalue weighted by molar-refractivity contribution is 5.71. The van der Waals surface area contributed by atoms with Crippen LogP contribution in [0.1, 0.15) is 55.7 Å². The van der Waals surface area contributed by atoms with Crippen molar-refractivity contribution >= 4 is 17.3 Å². The quantitative estimate of drug-likeness (QED) is 0.314. The molecule has 0 amide bonds. The summed E-state index contributed by atoms with van der Waals surface area (Å²) >= 11 is 0. The van der Waals surface area contributed by atoms with E-state index < -0.39 is 0 Å². The van der Waals surface area contributed by atoms with Gasteiger partial charge in [-0.2, -0.15) is 0 Å². The molecule has 202 valence electrons. The van der Waals surface area contributed by atoms with E-state index >= 15 is 0 Å². The minimum Gasteiger partial charge on any atom is -0.359 e. The van der Waals surface area contributed by atoms with E-state index in [1.807, 2.05) is 12.1 Å². The van der Waals surface area contributed by atoms with Gasteiger partial charge >= 0.3 is 5.69 Å². The number of hydrogen-bond acceptors (Lipinski definition) is 7. The van der Waals surface area contributed by atoms with Crippen molar-refractivity contribution in [3.8, 4) is 0 Å². The van der Waals surface area contributed by atoms with Gasteiger partial charge in [-0.3, -0.25) is 15.0 Å². The van der Waals surface area contributed by atoms with Crippen molar-refractivity contribution in [2.45, 2.75) is 50.1 Å². The van der Waals surface area contributed by atoms with E-state index in [0.29, 0.717) is 24.7 Å². The summed E-state index contributed by atoms with van der Waals surface area (Å²) in [6, 6.07) is 21.3. The number of aromatic nitrogens is 2. The Balaban J connectivity index is 1.13. The molecule has 0 spiro atoms. The second-order valence-electron chi connectivity index (χ2n) is 12.2. The Morgan fingerprint density at radius 1 is 0.821 bits per heavy atom. The van der Waals surface area contributed by atoms with Gasteiger partial charge in [0.25, 0.3) is 0 Å². The van der Waals surface area contributed by atoms with Gasteiger partial charge in [0.2, 0.25) is 11.6 Å². The molecule has 0 unspecified atom stereocenters. The van der Waals surface area contributed by atoms with Crippen molar-refractivity contribution in [3.63, 3.8) is 0 Å². The molecule has 3 aromatic rings. The first-order valence-electron chi connectivity index (χ1n) is 14.4. The van der Waals surface area contributed by atoms with Gasteiger partial charge in [-0.15, -0.1) is 0 Å². The third-order valence-corrected chi connectivity index (χ3v) is 9.62. The molecule has 1 aliphatic heterocycles. The van der Waals surface area contributed by atoms with E-state index in [-0.39, 0.29) is 22.2 Å². The summed E-state index contributed by atoms with van der Waals surface area (Å²) in [6.45, 7) is 2.91. The van der Waals surface area contributed by atoms with Gasteiger partial charge in [-0.1, -0.05) is 60.7 Å². The summed E-state index contributed by atoms with van der Waals surface area (Å²) in [5, 5.41) is 16.1. The standard InChI is InChI=1S/C31H36N6O2/c38-37(39)28-29(34-31-18-22-15-23(19-31)17-24(16-22)20-31)32-21-33-30(28)36-13-11-35(12-14-36)27(25-7-3-1-4-8-25)26-9-5-2-6-10-26/h1-10,21-24,27H,11-20H2,(H,32,33,34). The molecule has 1 saturated heterocycles. The van der Waals surface area contributed by atoms with Crippen LogP contribution in [0, 0.1) is 27.9 Å². The maximum absolute atomic E-state index is 12.5. The highest BCUT2D eigenvalue weighted by Gasteiger charge is 2.51. The Morgan fingerprint density at radius 3 is 1.87 bits per heavy atom. The zero-order chi connectivity index (χ0) is 26.4. The number of rotatable bonds is 7. The fourth-order valence-corrected chi connectivity index (χ4v) is 8.45. The van der Waals surface area contributed by atoms with Crippen LogP contribution in [0.5, 0.6) is 0 Å². The van der Waals surface area contributed by atoms with Gasteiger partial charge in [0.15, 0.2) is 0 Å². The van der Waals surface area contributed by atoms with Crippen molar-refractivity contribution < 1.29 is 4.92 Å². The van der Waals surface area contributed by atoms with Crippen LogP contribution in [-0.2, 0) is 0 Å². The molecular formula is C31H36N6O2. The largest absolute Gasteiger partial charge is 0.359 e. The number of anilines is 2. The molecule has 1 N–H and O–H groups in total. The van der Waals surface area contributed by atoms with Gasteiger partial charge in [0, 0.05) is 31.7 Å². The number of benzene rings is 2. The normalized spacial score (nSPS) is 28.1. The predicted octanol–water partition coefficient (Wildman–Crippen LogP) is 5.68. The Kier molecular flexibility index (Phi) is 6.22. The number of piperazine rings is 1. The lowest BCUT2D eigenvalue weighted by Gasteiger charge is -2.57. The summed E-state index contributed by atoms with van der Waals surface area (Å²) < 4.78 is 0. The maximum atomic E-state index is 12.5. The second kappa shape index (κ2) is 9.90. The molecule has 39 heavy (non-hydrogen) atoms. The molecule has 5 aliphatic rings. The lowest BCUT2D eigenvalue weighted by Crippen LogP contribution is -2.55. The number of hydrogen-bond donors (Lipinski definition) is 1. The molecule has 4 bridgehead atoms. The van der Waals surface area contributed by atoms with Crippen LogP contribution < -0.4 is 10.2 Å². The van der Waals surface area contributed by atoms with Crippen molar-refractivity contribution in [1.82, 2.24) is 14.9 Å². The van der Waals surface area contributed by atoms with Gasteiger partial charge in [-0.05, 0) is 67.4 Å². The van der Waals surface area contributed by atoms with Crippen LogP contribution in [-0.4, -0.2) is 51.5 Å². The minimum atomic E-state index is -0.276. The number of nitrogens with one attached hydrogen (secondary N) is 1. The van der Waals surface area contributed by atoms with Gasteiger partial charge in [0.1, 0.15) is 6.33 Å². The molecule has 8 heteroatoms. The fraction of sp³-hybridized carbons (Fsp3) is 0.484. The first kappa shape index (κ1) is 24.5. The summed E-state index contributed by atoms with van der Waals surface area (Å²) in [5.41, 5.74) is 2.49. The molecule has 4 saturated carbocycles. The van der Waals surface area contributed by atoms with Crippen LogP contribution in [0.15, 0.2) is 67.0 Å². The van der Waals surface area contributed by atoms with E-state index in [0.717, 1.165) is 50.1 Å². The molecule has 2 heterocycles. The SMILES string of the molecule is O=[N+]([O-])c1c(NC23CC4CC(CC(C4)C2)C3)ncnc1N1CCN(C(c2ccccc2)c2ccccc2)CC1. The molecule has 0 radical (unpaired) electrons. The summed E-state index contributed by atoms with van der Waals surface area (Å²) in [5.74, 6) is 3.09. The van der Waals surface area contributed by atoms with Crippen LogP contribution in [0.4, 0.5) is 17.3 Å². The second-order valence-corrected chi connectivity index (χ2v) is 12.2. The smallest absolute Gasteiger partial charge is 0.353 e. The fourth-order valence-electron chi connectivity index (χ4n) is 8.45. The molecule has 0 atom stereocenters. The number of nitrogens with zero attached hydrogens (tertiary/aromatic N) is 5. The van der Waals surface area contributed by atoms with E-state index in [4.69, 9.17) is 0 Å².